The van der Waals surface area contributed by atoms with E-state index in [4.69, 9.17) is 4.74 Å². The molecule has 88 valence electrons. The first-order chi connectivity index (χ1) is 7.70. The Hall–Kier alpha value is -1.02. The summed E-state index contributed by atoms with van der Waals surface area (Å²) >= 11 is 0. The Balaban J connectivity index is 2.13. The molecule has 0 bridgehead atoms. The third-order valence-electron chi connectivity index (χ3n) is 3.18. The molecule has 0 aliphatic carbocycles. The predicted octanol–water partition coefficient (Wildman–Crippen LogP) is 3.37. The number of unbranched alkanes of at least 4 members (excludes halogenated alkanes) is 1. The number of rotatable bonds is 3. The van der Waals surface area contributed by atoms with Crippen molar-refractivity contribution in [2.45, 2.75) is 51.7 Å². The van der Waals surface area contributed by atoms with Gasteiger partial charge in [0, 0.05) is 12.0 Å². The normalized spacial score (nSPS) is 23.7. The Kier molecular flexibility index (Phi) is 3.49. The molecule has 1 heterocycles. The fourth-order valence-corrected chi connectivity index (χ4v) is 2.25. The van der Waals surface area contributed by atoms with Gasteiger partial charge in [0.05, 0.1) is 6.10 Å². The van der Waals surface area contributed by atoms with Crippen molar-refractivity contribution in [3.8, 4) is 5.75 Å². The van der Waals surface area contributed by atoms with Crippen LogP contribution in [-0.2, 0) is 0 Å². The highest BCUT2D eigenvalue weighted by molar-refractivity contribution is 5.40. The summed E-state index contributed by atoms with van der Waals surface area (Å²) < 4.78 is 5.90. The Morgan fingerprint density at radius 3 is 3.00 bits per heavy atom. The number of aryl methyl sites for hydroxylation is 1. The van der Waals surface area contributed by atoms with E-state index in [0.717, 1.165) is 24.2 Å². The van der Waals surface area contributed by atoms with Crippen molar-refractivity contribution in [1.82, 2.24) is 0 Å². The molecule has 0 spiro atoms. The number of hydrogen-bond donors (Lipinski definition) is 1. The Morgan fingerprint density at radius 2 is 2.25 bits per heavy atom. The first kappa shape index (κ1) is 11.5. The first-order valence-corrected chi connectivity index (χ1v) is 6.16. The quantitative estimate of drug-likeness (QED) is 0.846. The molecular weight excluding hydrogens is 200 g/mol. The summed E-state index contributed by atoms with van der Waals surface area (Å²) in [5, 5.41) is 10.1. The SMILES string of the molecule is CCCCC1CC(O)c2cc(C)ccc2O1. The van der Waals surface area contributed by atoms with Gasteiger partial charge in [-0.25, -0.2) is 0 Å². The van der Waals surface area contributed by atoms with Crippen molar-refractivity contribution in [1.29, 1.82) is 0 Å². The lowest BCUT2D eigenvalue weighted by molar-refractivity contribution is 0.0607. The second-order valence-corrected chi connectivity index (χ2v) is 4.67. The van der Waals surface area contributed by atoms with E-state index in [2.05, 4.69) is 6.92 Å². The standard InChI is InChI=1S/C14H20O2/c1-3-4-5-11-9-13(15)12-8-10(2)6-7-14(12)16-11/h6-8,11,13,15H,3-5,9H2,1-2H3. The second-order valence-electron chi connectivity index (χ2n) is 4.67. The van der Waals surface area contributed by atoms with Crippen LogP contribution in [0.2, 0.25) is 0 Å². The van der Waals surface area contributed by atoms with Gasteiger partial charge >= 0.3 is 0 Å². The molecule has 0 radical (unpaired) electrons. The molecule has 2 heteroatoms. The van der Waals surface area contributed by atoms with E-state index in [0.29, 0.717) is 0 Å². The molecule has 1 aliphatic rings. The van der Waals surface area contributed by atoms with Crippen LogP contribution < -0.4 is 4.74 Å². The smallest absolute Gasteiger partial charge is 0.125 e. The van der Waals surface area contributed by atoms with Crippen molar-refractivity contribution in [2.75, 3.05) is 0 Å². The molecule has 2 atom stereocenters. The second kappa shape index (κ2) is 4.88. The molecule has 2 rings (SSSR count). The van der Waals surface area contributed by atoms with Crippen LogP contribution in [-0.4, -0.2) is 11.2 Å². The monoisotopic (exact) mass is 220 g/mol. The Labute approximate surface area is 97.3 Å². The van der Waals surface area contributed by atoms with Crippen molar-refractivity contribution < 1.29 is 9.84 Å². The summed E-state index contributed by atoms with van der Waals surface area (Å²) in [5.41, 5.74) is 2.13. The maximum Gasteiger partial charge on any atom is 0.125 e. The molecule has 0 aromatic heterocycles. The zero-order valence-electron chi connectivity index (χ0n) is 10.1. The topological polar surface area (TPSA) is 29.5 Å². The zero-order chi connectivity index (χ0) is 11.5. The summed E-state index contributed by atoms with van der Waals surface area (Å²) in [6, 6.07) is 6.04. The molecule has 1 N–H and O–H groups in total. The number of ether oxygens (including phenoxy) is 1. The van der Waals surface area contributed by atoms with E-state index in [9.17, 15) is 5.11 Å². The molecule has 0 saturated carbocycles. The molecular formula is C14H20O2. The minimum atomic E-state index is -0.356. The third kappa shape index (κ3) is 2.38. The van der Waals surface area contributed by atoms with E-state index in [1.807, 2.05) is 25.1 Å². The van der Waals surface area contributed by atoms with E-state index in [1.165, 1.54) is 18.4 Å². The highest BCUT2D eigenvalue weighted by Gasteiger charge is 2.26. The lowest BCUT2D eigenvalue weighted by Crippen LogP contribution is -2.25. The molecule has 0 amide bonds. The van der Waals surface area contributed by atoms with Gasteiger partial charge in [0.2, 0.25) is 0 Å². The summed E-state index contributed by atoms with van der Waals surface area (Å²) in [7, 11) is 0. The summed E-state index contributed by atoms with van der Waals surface area (Å²) in [4.78, 5) is 0. The Bertz CT molecular complexity index is 360. The molecule has 2 nitrogen and oxygen atoms in total. The van der Waals surface area contributed by atoms with Crippen LogP contribution in [0.15, 0.2) is 18.2 Å². The van der Waals surface area contributed by atoms with E-state index < -0.39 is 0 Å². The van der Waals surface area contributed by atoms with Crippen molar-refractivity contribution in [2.24, 2.45) is 0 Å². The minimum Gasteiger partial charge on any atom is -0.490 e. The average Bonchev–Trinajstić information content (AvgIpc) is 2.27. The van der Waals surface area contributed by atoms with Gasteiger partial charge in [0.25, 0.3) is 0 Å². The van der Waals surface area contributed by atoms with Gasteiger partial charge in [-0.2, -0.15) is 0 Å². The molecule has 1 aromatic carbocycles. The van der Waals surface area contributed by atoms with Gasteiger partial charge in [-0.15, -0.1) is 0 Å². The number of fused-ring (bicyclic) bond motifs is 1. The van der Waals surface area contributed by atoms with Crippen molar-refractivity contribution in [3.63, 3.8) is 0 Å². The Morgan fingerprint density at radius 1 is 1.44 bits per heavy atom. The number of hydrogen-bond acceptors (Lipinski definition) is 2. The molecule has 2 unspecified atom stereocenters. The number of benzene rings is 1. The highest BCUT2D eigenvalue weighted by atomic mass is 16.5. The summed E-state index contributed by atoms with van der Waals surface area (Å²) in [5.74, 6) is 0.866. The van der Waals surface area contributed by atoms with Crippen LogP contribution in [0.3, 0.4) is 0 Å². The lowest BCUT2D eigenvalue weighted by atomic mass is 9.95. The zero-order valence-corrected chi connectivity index (χ0v) is 10.1. The van der Waals surface area contributed by atoms with Gasteiger partial charge < -0.3 is 9.84 Å². The van der Waals surface area contributed by atoms with Gasteiger partial charge in [0.15, 0.2) is 0 Å². The van der Waals surface area contributed by atoms with E-state index in [-0.39, 0.29) is 12.2 Å². The molecule has 0 saturated heterocycles. The van der Waals surface area contributed by atoms with Gasteiger partial charge in [-0.1, -0.05) is 31.4 Å². The summed E-state index contributed by atoms with van der Waals surface area (Å²) in [6.07, 6.45) is 3.95. The summed E-state index contributed by atoms with van der Waals surface area (Å²) in [6.45, 7) is 4.22. The average molecular weight is 220 g/mol. The highest BCUT2D eigenvalue weighted by Crippen LogP contribution is 2.36. The van der Waals surface area contributed by atoms with E-state index in [1.54, 1.807) is 0 Å². The van der Waals surface area contributed by atoms with Gasteiger partial charge in [0.1, 0.15) is 11.9 Å². The fraction of sp³-hybridized carbons (Fsp3) is 0.571. The fourth-order valence-electron chi connectivity index (χ4n) is 2.25. The largest absolute Gasteiger partial charge is 0.490 e. The molecule has 1 aliphatic heterocycles. The van der Waals surface area contributed by atoms with Crippen LogP contribution in [0.5, 0.6) is 5.75 Å². The van der Waals surface area contributed by atoms with Crippen LogP contribution in [0.1, 0.15) is 49.8 Å². The minimum absolute atomic E-state index is 0.185. The molecule has 1 aromatic rings. The molecule has 16 heavy (non-hydrogen) atoms. The van der Waals surface area contributed by atoms with Crippen LogP contribution >= 0.6 is 0 Å². The maximum atomic E-state index is 10.1. The molecule has 0 fully saturated rings. The van der Waals surface area contributed by atoms with Crippen LogP contribution in [0, 0.1) is 6.92 Å². The van der Waals surface area contributed by atoms with Crippen molar-refractivity contribution in [3.05, 3.63) is 29.3 Å². The van der Waals surface area contributed by atoms with Crippen molar-refractivity contribution >= 4 is 0 Å². The first-order valence-electron chi connectivity index (χ1n) is 6.16. The van der Waals surface area contributed by atoms with Gasteiger partial charge in [-0.3, -0.25) is 0 Å². The number of aliphatic hydroxyl groups is 1. The van der Waals surface area contributed by atoms with E-state index >= 15 is 0 Å². The number of aliphatic hydroxyl groups excluding tert-OH is 1. The lowest BCUT2D eigenvalue weighted by Gasteiger charge is -2.29. The maximum absolute atomic E-state index is 10.1. The predicted molar refractivity (Wildman–Crippen MR) is 64.7 cm³/mol. The van der Waals surface area contributed by atoms with Crippen LogP contribution in [0.4, 0.5) is 0 Å². The van der Waals surface area contributed by atoms with Gasteiger partial charge in [-0.05, 0) is 25.5 Å². The third-order valence-corrected chi connectivity index (χ3v) is 3.18. The van der Waals surface area contributed by atoms with Crippen LogP contribution in [0.25, 0.3) is 0 Å².